The summed E-state index contributed by atoms with van der Waals surface area (Å²) in [6.07, 6.45) is -0.133. The van der Waals surface area contributed by atoms with E-state index < -0.39 is 0 Å². The molecule has 1 unspecified atom stereocenters. The van der Waals surface area contributed by atoms with Gasteiger partial charge in [0.05, 0.1) is 12.2 Å². The zero-order valence-electron chi connectivity index (χ0n) is 10.3. The molecule has 1 fully saturated rings. The van der Waals surface area contributed by atoms with Gasteiger partial charge in [-0.15, -0.1) is 0 Å². The first-order valence-electron chi connectivity index (χ1n) is 6.02. The fraction of sp³-hybridized carbons (Fsp3) is 0.500. The van der Waals surface area contributed by atoms with Gasteiger partial charge in [0.25, 0.3) is 0 Å². The molecule has 0 spiro atoms. The summed E-state index contributed by atoms with van der Waals surface area (Å²) >= 11 is 0. The second-order valence-corrected chi connectivity index (χ2v) is 4.68. The molecule has 0 bridgehead atoms. The minimum Gasteiger partial charge on any atom is -0.456 e. The van der Waals surface area contributed by atoms with E-state index in [-0.39, 0.29) is 12.1 Å². The fourth-order valence-electron chi connectivity index (χ4n) is 1.96. The number of hydrogen-bond acceptors (Lipinski definition) is 3. The predicted molar refractivity (Wildman–Crippen MR) is 64.8 cm³/mol. The molecule has 3 nitrogen and oxygen atoms in total. The standard InChI is InChI=1S/C14H18O3/c1-10-8-16-9-13(11(10)2)17-14(15)12-6-4-3-5-7-12/h3-7,10-11,13H,8-9H2,1-2H3/t10-,11-,13?/m0/s1. The second-order valence-electron chi connectivity index (χ2n) is 4.68. The molecule has 0 amide bonds. The van der Waals surface area contributed by atoms with Crippen molar-refractivity contribution in [1.82, 2.24) is 0 Å². The van der Waals surface area contributed by atoms with Gasteiger partial charge in [-0.05, 0) is 18.1 Å². The van der Waals surface area contributed by atoms with Gasteiger partial charge in [0.2, 0.25) is 0 Å². The summed E-state index contributed by atoms with van der Waals surface area (Å²) < 4.78 is 10.9. The molecule has 1 aliphatic heterocycles. The van der Waals surface area contributed by atoms with Crippen molar-refractivity contribution < 1.29 is 14.3 Å². The summed E-state index contributed by atoms with van der Waals surface area (Å²) in [6, 6.07) is 9.07. The van der Waals surface area contributed by atoms with Crippen molar-refractivity contribution in [3.05, 3.63) is 35.9 Å². The van der Waals surface area contributed by atoms with Gasteiger partial charge in [0, 0.05) is 12.5 Å². The normalized spacial score (nSPS) is 28.7. The molecule has 1 aromatic carbocycles. The smallest absolute Gasteiger partial charge is 0.338 e. The van der Waals surface area contributed by atoms with E-state index in [1.54, 1.807) is 12.1 Å². The highest BCUT2D eigenvalue weighted by molar-refractivity contribution is 5.89. The van der Waals surface area contributed by atoms with E-state index in [1.807, 2.05) is 18.2 Å². The Balaban J connectivity index is 1.99. The molecule has 1 aromatic rings. The lowest BCUT2D eigenvalue weighted by atomic mass is 9.89. The summed E-state index contributed by atoms with van der Waals surface area (Å²) in [5.74, 6) is 0.508. The molecule has 0 aromatic heterocycles. The molecule has 92 valence electrons. The summed E-state index contributed by atoms with van der Waals surface area (Å²) in [4.78, 5) is 11.9. The Morgan fingerprint density at radius 2 is 1.94 bits per heavy atom. The Bertz CT molecular complexity index is 374. The SMILES string of the molecule is C[C@@H]1C(OC(=O)c2ccccc2)COC[C@@H]1C. The van der Waals surface area contributed by atoms with Crippen molar-refractivity contribution in [3.8, 4) is 0 Å². The van der Waals surface area contributed by atoms with E-state index >= 15 is 0 Å². The second kappa shape index (κ2) is 5.32. The van der Waals surface area contributed by atoms with Crippen molar-refractivity contribution in [2.45, 2.75) is 20.0 Å². The van der Waals surface area contributed by atoms with E-state index in [0.717, 1.165) is 6.61 Å². The van der Waals surface area contributed by atoms with Crippen LogP contribution in [0.25, 0.3) is 0 Å². The lowest BCUT2D eigenvalue weighted by Gasteiger charge is -2.33. The molecule has 2 rings (SSSR count). The molecule has 0 aliphatic carbocycles. The van der Waals surface area contributed by atoms with Crippen molar-refractivity contribution >= 4 is 5.97 Å². The van der Waals surface area contributed by atoms with Crippen LogP contribution in [0.15, 0.2) is 30.3 Å². The third-order valence-corrected chi connectivity index (χ3v) is 3.41. The minimum atomic E-state index is -0.264. The van der Waals surface area contributed by atoms with Crippen LogP contribution in [0, 0.1) is 11.8 Å². The van der Waals surface area contributed by atoms with Gasteiger partial charge in [0.1, 0.15) is 6.10 Å². The third kappa shape index (κ3) is 2.86. The van der Waals surface area contributed by atoms with Gasteiger partial charge in [0.15, 0.2) is 0 Å². The quantitative estimate of drug-likeness (QED) is 0.738. The van der Waals surface area contributed by atoms with Gasteiger partial charge in [-0.3, -0.25) is 0 Å². The molecule has 0 radical (unpaired) electrons. The van der Waals surface area contributed by atoms with E-state index in [9.17, 15) is 4.79 Å². The number of rotatable bonds is 2. The Morgan fingerprint density at radius 3 is 2.65 bits per heavy atom. The lowest BCUT2D eigenvalue weighted by Crippen LogP contribution is -2.39. The van der Waals surface area contributed by atoms with Crippen molar-refractivity contribution in [3.63, 3.8) is 0 Å². The first kappa shape index (κ1) is 12.1. The monoisotopic (exact) mass is 234 g/mol. The van der Waals surface area contributed by atoms with Gasteiger partial charge in [-0.2, -0.15) is 0 Å². The average molecular weight is 234 g/mol. The molecule has 1 saturated heterocycles. The minimum absolute atomic E-state index is 0.133. The van der Waals surface area contributed by atoms with Crippen LogP contribution in [0.2, 0.25) is 0 Å². The molecule has 1 aliphatic rings. The Morgan fingerprint density at radius 1 is 1.24 bits per heavy atom. The van der Waals surface area contributed by atoms with Gasteiger partial charge < -0.3 is 9.47 Å². The van der Waals surface area contributed by atoms with Crippen LogP contribution in [-0.2, 0) is 9.47 Å². The van der Waals surface area contributed by atoms with Crippen LogP contribution >= 0.6 is 0 Å². The van der Waals surface area contributed by atoms with Crippen molar-refractivity contribution in [2.75, 3.05) is 13.2 Å². The number of ether oxygens (including phenoxy) is 2. The summed E-state index contributed by atoms with van der Waals surface area (Å²) in [5.41, 5.74) is 0.595. The van der Waals surface area contributed by atoms with E-state index in [4.69, 9.17) is 9.47 Å². The molecule has 17 heavy (non-hydrogen) atoms. The maximum absolute atomic E-state index is 11.9. The number of carbonyl (C=O) groups is 1. The number of hydrogen-bond donors (Lipinski definition) is 0. The van der Waals surface area contributed by atoms with Gasteiger partial charge in [-0.1, -0.05) is 32.0 Å². The van der Waals surface area contributed by atoms with E-state index in [1.165, 1.54) is 0 Å². The number of esters is 1. The van der Waals surface area contributed by atoms with E-state index in [2.05, 4.69) is 13.8 Å². The number of benzene rings is 1. The van der Waals surface area contributed by atoms with Gasteiger partial charge >= 0.3 is 5.97 Å². The lowest BCUT2D eigenvalue weighted by molar-refractivity contribution is -0.0793. The maximum Gasteiger partial charge on any atom is 0.338 e. The first-order chi connectivity index (χ1) is 8.18. The fourth-order valence-corrected chi connectivity index (χ4v) is 1.96. The zero-order valence-corrected chi connectivity index (χ0v) is 10.3. The Kier molecular flexibility index (Phi) is 3.79. The highest BCUT2D eigenvalue weighted by atomic mass is 16.6. The number of carbonyl (C=O) groups excluding carboxylic acids is 1. The average Bonchev–Trinajstić information content (AvgIpc) is 2.36. The summed E-state index contributed by atoms with van der Waals surface area (Å²) in [7, 11) is 0. The summed E-state index contributed by atoms with van der Waals surface area (Å²) in [6.45, 7) is 5.48. The van der Waals surface area contributed by atoms with Crippen LogP contribution in [0.1, 0.15) is 24.2 Å². The van der Waals surface area contributed by atoms with Crippen LogP contribution in [0.5, 0.6) is 0 Å². The first-order valence-corrected chi connectivity index (χ1v) is 6.02. The van der Waals surface area contributed by atoms with Crippen molar-refractivity contribution in [1.29, 1.82) is 0 Å². The maximum atomic E-state index is 11.9. The largest absolute Gasteiger partial charge is 0.456 e. The van der Waals surface area contributed by atoms with Crippen molar-refractivity contribution in [2.24, 2.45) is 11.8 Å². The molecular weight excluding hydrogens is 216 g/mol. The molecule has 0 N–H and O–H groups in total. The predicted octanol–water partition coefficient (Wildman–Crippen LogP) is 2.51. The molecule has 3 heteroatoms. The zero-order chi connectivity index (χ0) is 12.3. The third-order valence-electron chi connectivity index (χ3n) is 3.41. The van der Waals surface area contributed by atoms with Crippen LogP contribution < -0.4 is 0 Å². The Hall–Kier alpha value is -1.35. The molecule has 1 heterocycles. The van der Waals surface area contributed by atoms with Crippen LogP contribution in [0.3, 0.4) is 0 Å². The highest BCUT2D eigenvalue weighted by Crippen LogP contribution is 2.24. The van der Waals surface area contributed by atoms with Gasteiger partial charge in [-0.25, -0.2) is 4.79 Å². The van der Waals surface area contributed by atoms with Crippen LogP contribution in [0.4, 0.5) is 0 Å². The van der Waals surface area contributed by atoms with E-state index in [0.29, 0.717) is 24.0 Å². The molecule has 0 saturated carbocycles. The highest BCUT2D eigenvalue weighted by Gasteiger charge is 2.30. The summed E-state index contributed by atoms with van der Waals surface area (Å²) in [5, 5.41) is 0. The molecular formula is C14H18O3. The molecule has 3 atom stereocenters. The van der Waals surface area contributed by atoms with Crippen LogP contribution in [-0.4, -0.2) is 25.3 Å². The Labute approximate surface area is 102 Å². The topological polar surface area (TPSA) is 35.5 Å².